The maximum Gasteiger partial charge on any atom is 0.266 e. The van der Waals surface area contributed by atoms with Gasteiger partial charge in [0.25, 0.3) is 15.9 Å². The minimum absolute atomic E-state index is 0.112. The van der Waals surface area contributed by atoms with Gasteiger partial charge in [-0.2, -0.15) is 0 Å². The molecular weight excluding hydrogens is 300 g/mol. The number of hydrazine groups is 1. The Bertz CT molecular complexity index is 814. The molecular formula is C16H18N2O3S. The first kappa shape index (κ1) is 16.2. The lowest BCUT2D eigenvalue weighted by atomic mass is 10.1. The molecule has 2 aromatic carbocycles. The molecule has 22 heavy (non-hydrogen) atoms. The van der Waals surface area contributed by atoms with E-state index in [0.29, 0.717) is 5.56 Å². The molecule has 0 saturated heterocycles. The fraction of sp³-hybridized carbons (Fsp3) is 0.188. The molecule has 0 aromatic heterocycles. The summed E-state index contributed by atoms with van der Waals surface area (Å²) < 4.78 is 24.4. The summed E-state index contributed by atoms with van der Waals surface area (Å²) >= 11 is 0. The minimum atomic E-state index is -3.80. The van der Waals surface area contributed by atoms with Crippen LogP contribution in [-0.2, 0) is 10.0 Å². The van der Waals surface area contributed by atoms with E-state index in [1.807, 2.05) is 19.9 Å². The van der Waals surface area contributed by atoms with Crippen molar-refractivity contribution in [2.45, 2.75) is 25.7 Å². The second-order valence-electron chi connectivity index (χ2n) is 5.12. The molecule has 116 valence electrons. The molecule has 2 N–H and O–H groups in total. The van der Waals surface area contributed by atoms with Crippen molar-refractivity contribution in [3.05, 3.63) is 64.7 Å². The van der Waals surface area contributed by atoms with E-state index in [2.05, 4.69) is 10.3 Å². The molecule has 0 aliphatic heterocycles. The summed E-state index contributed by atoms with van der Waals surface area (Å²) in [5.41, 5.74) is 5.30. The summed E-state index contributed by atoms with van der Waals surface area (Å²) in [6.45, 7) is 5.52. The summed E-state index contributed by atoms with van der Waals surface area (Å²) in [5, 5.41) is 0. The van der Waals surface area contributed by atoms with Crippen LogP contribution in [-0.4, -0.2) is 14.3 Å². The van der Waals surface area contributed by atoms with Gasteiger partial charge >= 0.3 is 0 Å². The Labute approximate surface area is 130 Å². The average Bonchev–Trinajstić information content (AvgIpc) is 2.48. The zero-order valence-electron chi connectivity index (χ0n) is 12.7. The van der Waals surface area contributed by atoms with Gasteiger partial charge in [-0.05, 0) is 55.7 Å². The number of carbonyl (C=O) groups is 1. The van der Waals surface area contributed by atoms with Crippen molar-refractivity contribution in [3.8, 4) is 0 Å². The number of carbonyl (C=O) groups excluding carboxylic acids is 1. The van der Waals surface area contributed by atoms with Gasteiger partial charge in [0, 0.05) is 5.56 Å². The van der Waals surface area contributed by atoms with Gasteiger partial charge in [0.05, 0.1) is 4.90 Å². The van der Waals surface area contributed by atoms with E-state index in [1.54, 1.807) is 37.3 Å². The molecule has 0 radical (unpaired) electrons. The van der Waals surface area contributed by atoms with Crippen LogP contribution in [0.3, 0.4) is 0 Å². The fourth-order valence-corrected chi connectivity index (χ4v) is 2.87. The Hall–Kier alpha value is -2.18. The predicted octanol–water partition coefficient (Wildman–Crippen LogP) is 2.24. The number of nitrogens with one attached hydrogen (secondary N) is 2. The second kappa shape index (κ2) is 6.29. The van der Waals surface area contributed by atoms with Gasteiger partial charge < -0.3 is 0 Å². The van der Waals surface area contributed by atoms with Crippen molar-refractivity contribution >= 4 is 15.9 Å². The molecule has 0 atom stereocenters. The quantitative estimate of drug-likeness (QED) is 0.849. The third kappa shape index (κ3) is 3.52. The molecule has 2 aromatic rings. The number of hydrogen-bond acceptors (Lipinski definition) is 3. The summed E-state index contributed by atoms with van der Waals surface area (Å²) in [6, 6.07) is 11.8. The van der Waals surface area contributed by atoms with E-state index in [9.17, 15) is 13.2 Å². The molecule has 0 fully saturated rings. The first-order chi connectivity index (χ1) is 10.3. The lowest BCUT2D eigenvalue weighted by Gasteiger charge is -2.11. The maximum absolute atomic E-state index is 12.2. The van der Waals surface area contributed by atoms with Gasteiger partial charge in [-0.3, -0.25) is 10.2 Å². The third-order valence-electron chi connectivity index (χ3n) is 3.48. The Balaban J connectivity index is 2.14. The Kier molecular flexibility index (Phi) is 4.63. The normalized spacial score (nSPS) is 11.2. The van der Waals surface area contributed by atoms with Crippen LogP contribution >= 0.6 is 0 Å². The second-order valence-corrected chi connectivity index (χ2v) is 6.80. The lowest BCUT2D eigenvalue weighted by molar-refractivity contribution is 0.0944. The van der Waals surface area contributed by atoms with Gasteiger partial charge in [-0.1, -0.05) is 24.3 Å². The molecule has 0 unspecified atom stereocenters. The van der Waals surface area contributed by atoms with E-state index in [1.165, 1.54) is 6.07 Å². The number of amides is 1. The van der Waals surface area contributed by atoms with Crippen LogP contribution in [0.15, 0.2) is 47.4 Å². The van der Waals surface area contributed by atoms with Crippen LogP contribution in [0.2, 0.25) is 0 Å². The first-order valence-corrected chi connectivity index (χ1v) is 8.24. The number of hydrogen-bond donors (Lipinski definition) is 2. The predicted molar refractivity (Wildman–Crippen MR) is 84.9 cm³/mol. The summed E-state index contributed by atoms with van der Waals surface area (Å²) in [6.07, 6.45) is 0. The number of benzene rings is 2. The molecule has 0 heterocycles. The van der Waals surface area contributed by atoms with Crippen molar-refractivity contribution < 1.29 is 13.2 Å². The van der Waals surface area contributed by atoms with E-state index >= 15 is 0 Å². The Morgan fingerprint density at radius 2 is 1.59 bits per heavy atom. The average molecular weight is 318 g/mol. The molecule has 1 amide bonds. The highest BCUT2D eigenvalue weighted by atomic mass is 32.2. The highest BCUT2D eigenvalue weighted by Crippen LogP contribution is 2.14. The fourth-order valence-electron chi connectivity index (χ4n) is 1.95. The van der Waals surface area contributed by atoms with Crippen molar-refractivity contribution in [3.63, 3.8) is 0 Å². The largest absolute Gasteiger partial charge is 0.273 e. The van der Waals surface area contributed by atoms with E-state index in [0.717, 1.165) is 16.7 Å². The van der Waals surface area contributed by atoms with Crippen LogP contribution in [0.4, 0.5) is 0 Å². The van der Waals surface area contributed by atoms with Gasteiger partial charge in [-0.15, -0.1) is 4.83 Å². The van der Waals surface area contributed by atoms with E-state index in [4.69, 9.17) is 0 Å². The smallest absolute Gasteiger partial charge is 0.266 e. The van der Waals surface area contributed by atoms with E-state index < -0.39 is 15.9 Å². The molecule has 0 aliphatic rings. The Morgan fingerprint density at radius 1 is 0.909 bits per heavy atom. The molecule has 0 spiro atoms. The zero-order chi connectivity index (χ0) is 16.3. The van der Waals surface area contributed by atoms with Gasteiger partial charge in [0.15, 0.2) is 0 Å². The lowest BCUT2D eigenvalue weighted by Crippen LogP contribution is -2.41. The third-order valence-corrected chi connectivity index (χ3v) is 4.72. The maximum atomic E-state index is 12.2. The monoisotopic (exact) mass is 318 g/mol. The standard InChI is InChI=1S/C16H18N2O3S/c1-11-8-9-14(10-13(11)3)22(20,21)18-17-16(19)15-7-5-4-6-12(15)2/h4-10,18H,1-3H3,(H,17,19). The minimum Gasteiger partial charge on any atom is -0.273 e. The molecule has 0 saturated carbocycles. The first-order valence-electron chi connectivity index (χ1n) is 6.76. The number of rotatable bonds is 4. The van der Waals surface area contributed by atoms with Gasteiger partial charge in [-0.25, -0.2) is 8.42 Å². The van der Waals surface area contributed by atoms with Crippen LogP contribution in [0, 0.1) is 20.8 Å². The van der Waals surface area contributed by atoms with Crippen LogP contribution in [0.5, 0.6) is 0 Å². The molecule has 5 nitrogen and oxygen atoms in total. The van der Waals surface area contributed by atoms with Crippen molar-refractivity contribution in [2.75, 3.05) is 0 Å². The van der Waals surface area contributed by atoms with Crippen LogP contribution < -0.4 is 10.3 Å². The molecule has 2 rings (SSSR count). The van der Waals surface area contributed by atoms with Crippen LogP contribution in [0.1, 0.15) is 27.0 Å². The van der Waals surface area contributed by atoms with Gasteiger partial charge in [0.2, 0.25) is 0 Å². The number of aryl methyl sites for hydroxylation is 3. The van der Waals surface area contributed by atoms with E-state index in [-0.39, 0.29) is 4.90 Å². The van der Waals surface area contributed by atoms with Gasteiger partial charge in [0.1, 0.15) is 0 Å². The highest BCUT2D eigenvalue weighted by molar-refractivity contribution is 7.89. The zero-order valence-corrected chi connectivity index (χ0v) is 13.5. The SMILES string of the molecule is Cc1ccc(S(=O)(=O)NNC(=O)c2ccccc2C)cc1C. The van der Waals surface area contributed by atoms with Crippen molar-refractivity contribution in [1.29, 1.82) is 0 Å². The highest BCUT2D eigenvalue weighted by Gasteiger charge is 2.16. The summed E-state index contributed by atoms with van der Waals surface area (Å²) in [7, 11) is -3.80. The molecule has 6 heteroatoms. The number of sulfonamides is 1. The van der Waals surface area contributed by atoms with Crippen LogP contribution in [0.25, 0.3) is 0 Å². The van der Waals surface area contributed by atoms with Crippen molar-refractivity contribution in [1.82, 2.24) is 10.3 Å². The summed E-state index contributed by atoms with van der Waals surface area (Å²) in [4.78, 5) is 14.3. The summed E-state index contributed by atoms with van der Waals surface area (Å²) in [5.74, 6) is -0.495. The topological polar surface area (TPSA) is 75.3 Å². The Morgan fingerprint density at radius 3 is 2.23 bits per heavy atom. The van der Waals surface area contributed by atoms with Crippen molar-refractivity contribution in [2.24, 2.45) is 0 Å². The molecule has 0 aliphatic carbocycles. The molecule has 0 bridgehead atoms.